The highest BCUT2D eigenvalue weighted by atomic mass is 35.5. The molecular weight excluding hydrogens is 252 g/mol. The number of nitrogens with one attached hydrogen (secondary N) is 1. The molecule has 16 heavy (non-hydrogen) atoms. The first kappa shape index (κ1) is 11.6. The maximum atomic E-state index is 10.7. The predicted molar refractivity (Wildman–Crippen MR) is 61.1 cm³/mol. The summed E-state index contributed by atoms with van der Waals surface area (Å²) < 4.78 is 21.2. The van der Waals surface area contributed by atoms with Crippen LogP contribution in [0.3, 0.4) is 0 Å². The minimum Gasteiger partial charge on any atom is -0.306 e. The third-order valence-corrected chi connectivity index (χ3v) is 3.56. The summed E-state index contributed by atoms with van der Waals surface area (Å²) in [6.07, 6.45) is 0. The summed E-state index contributed by atoms with van der Waals surface area (Å²) in [7, 11) is 0. The van der Waals surface area contributed by atoms with Crippen LogP contribution < -0.4 is 0 Å². The molecule has 0 fully saturated rings. The molecule has 2 N–H and O–H groups in total. The molecule has 0 amide bonds. The van der Waals surface area contributed by atoms with Crippen LogP contribution in [-0.4, -0.2) is 34.3 Å². The molecule has 0 radical (unpaired) electrons. The van der Waals surface area contributed by atoms with Crippen LogP contribution in [0, 0.1) is 6.92 Å². The van der Waals surface area contributed by atoms with E-state index in [1.165, 1.54) is 0 Å². The zero-order valence-electron chi connectivity index (χ0n) is 8.77. The van der Waals surface area contributed by atoms with Crippen molar-refractivity contribution < 1.29 is 8.76 Å². The van der Waals surface area contributed by atoms with E-state index in [1.54, 1.807) is 4.52 Å². The Morgan fingerprint density at radius 1 is 1.62 bits per heavy atom. The van der Waals surface area contributed by atoms with Gasteiger partial charge in [-0.25, -0.2) is 8.72 Å². The Bertz CT molecular complexity index is 549. The maximum absolute atomic E-state index is 10.7. The average molecular weight is 263 g/mol. The number of fused-ring (bicyclic) bond motifs is 1. The molecule has 2 unspecified atom stereocenters. The fourth-order valence-electron chi connectivity index (χ4n) is 1.54. The van der Waals surface area contributed by atoms with Gasteiger partial charge in [-0.15, -0.1) is 10.2 Å². The number of aryl methyl sites for hydroxylation is 1. The molecule has 0 aliphatic heterocycles. The molecule has 0 aromatic carbocycles. The number of nitrogens with zero attached hydrogens (tertiary/aromatic N) is 3. The molecule has 0 spiro atoms. The van der Waals surface area contributed by atoms with Gasteiger partial charge in [0.05, 0.1) is 11.4 Å². The van der Waals surface area contributed by atoms with Gasteiger partial charge in [-0.3, -0.25) is 5.10 Å². The third kappa shape index (κ3) is 1.85. The van der Waals surface area contributed by atoms with E-state index in [2.05, 4.69) is 15.3 Å². The van der Waals surface area contributed by atoms with Gasteiger partial charge < -0.3 is 4.55 Å². The van der Waals surface area contributed by atoms with Gasteiger partial charge in [0, 0.05) is 5.92 Å². The Balaban J connectivity index is 2.45. The van der Waals surface area contributed by atoms with E-state index < -0.39 is 11.1 Å². The number of rotatable bonds is 3. The van der Waals surface area contributed by atoms with Crippen LogP contribution in [0.5, 0.6) is 0 Å². The molecule has 0 aliphatic rings. The summed E-state index contributed by atoms with van der Waals surface area (Å²) in [5.74, 6) is 0.554. The first-order valence-corrected chi connectivity index (χ1v) is 6.32. The standard InChI is InChI=1S/C8H11ClN4O2S/c1-4(3-16(14)15)7-10-11-8-6(9)5(2)12-13(7)8/h4,12H,3H2,1-2H3,(H,14,15). The van der Waals surface area contributed by atoms with Crippen molar-refractivity contribution in [3.05, 3.63) is 16.5 Å². The molecule has 2 atom stereocenters. The van der Waals surface area contributed by atoms with Crippen molar-refractivity contribution >= 4 is 28.3 Å². The third-order valence-electron chi connectivity index (χ3n) is 2.33. The van der Waals surface area contributed by atoms with Crippen LogP contribution in [0.1, 0.15) is 24.4 Å². The molecular formula is C8H11ClN4O2S. The zero-order valence-corrected chi connectivity index (χ0v) is 10.3. The molecule has 0 saturated heterocycles. The molecule has 0 saturated carbocycles. The van der Waals surface area contributed by atoms with Gasteiger partial charge in [-0.05, 0) is 6.92 Å². The van der Waals surface area contributed by atoms with Crippen molar-refractivity contribution in [2.45, 2.75) is 19.8 Å². The number of aromatic nitrogens is 4. The summed E-state index contributed by atoms with van der Waals surface area (Å²) in [4.78, 5) is 0. The molecule has 2 heterocycles. The van der Waals surface area contributed by atoms with E-state index in [-0.39, 0.29) is 11.7 Å². The lowest BCUT2D eigenvalue weighted by atomic mass is 10.2. The normalized spacial score (nSPS) is 15.5. The molecule has 2 aromatic rings. The molecule has 2 aromatic heterocycles. The SMILES string of the molecule is Cc1[nH]n2c(C(C)CS(=O)O)nnc2c1Cl. The van der Waals surface area contributed by atoms with E-state index in [0.29, 0.717) is 16.5 Å². The van der Waals surface area contributed by atoms with E-state index in [9.17, 15) is 4.21 Å². The van der Waals surface area contributed by atoms with Gasteiger partial charge in [0.2, 0.25) is 0 Å². The van der Waals surface area contributed by atoms with Gasteiger partial charge in [-0.2, -0.15) is 0 Å². The molecule has 8 heteroatoms. The largest absolute Gasteiger partial charge is 0.306 e. The fourth-order valence-corrected chi connectivity index (χ4v) is 2.28. The average Bonchev–Trinajstić information content (AvgIpc) is 2.68. The Kier molecular flexibility index (Phi) is 3.00. The summed E-state index contributed by atoms with van der Waals surface area (Å²) >= 11 is 4.15. The molecule has 6 nitrogen and oxygen atoms in total. The van der Waals surface area contributed by atoms with E-state index in [1.807, 2.05) is 13.8 Å². The van der Waals surface area contributed by atoms with Crippen LogP contribution >= 0.6 is 11.6 Å². The van der Waals surface area contributed by atoms with Crippen molar-refractivity contribution in [2.24, 2.45) is 0 Å². The van der Waals surface area contributed by atoms with Crippen molar-refractivity contribution in [3.63, 3.8) is 0 Å². The van der Waals surface area contributed by atoms with Crippen molar-refractivity contribution in [1.82, 2.24) is 19.8 Å². The first-order valence-electron chi connectivity index (χ1n) is 4.67. The first-order chi connectivity index (χ1) is 7.50. The lowest BCUT2D eigenvalue weighted by Crippen LogP contribution is -2.09. The van der Waals surface area contributed by atoms with Crippen LogP contribution in [0.2, 0.25) is 5.02 Å². The van der Waals surface area contributed by atoms with E-state index in [0.717, 1.165) is 5.69 Å². The molecule has 88 valence electrons. The monoisotopic (exact) mass is 262 g/mol. The summed E-state index contributed by atoms with van der Waals surface area (Å²) in [5, 5.41) is 11.4. The highest BCUT2D eigenvalue weighted by Gasteiger charge is 2.19. The number of hydrogen-bond donors (Lipinski definition) is 2. The second-order valence-electron chi connectivity index (χ2n) is 3.66. The number of halogens is 1. The summed E-state index contributed by atoms with van der Waals surface area (Å²) in [6.45, 7) is 3.64. The summed E-state index contributed by atoms with van der Waals surface area (Å²) in [6, 6.07) is 0. The van der Waals surface area contributed by atoms with Crippen molar-refractivity contribution in [3.8, 4) is 0 Å². The number of aromatic amines is 1. The van der Waals surface area contributed by atoms with E-state index in [4.69, 9.17) is 16.2 Å². The van der Waals surface area contributed by atoms with Crippen molar-refractivity contribution in [1.29, 1.82) is 0 Å². The highest BCUT2D eigenvalue weighted by molar-refractivity contribution is 7.79. The highest BCUT2D eigenvalue weighted by Crippen LogP contribution is 2.23. The van der Waals surface area contributed by atoms with Gasteiger partial charge >= 0.3 is 0 Å². The maximum Gasteiger partial charge on any atom is 0.196 e. The number of H-pyrrole nitrogens is 1. The lowest BCUT2D eigenvalue weighted by molar-refractivity contribution is 0.555. The second kappa shape index (κ2) is 4.15. The summed E-state index contributed by atoms with van der Waals surface area (Å²) in [5.41, 5.74) is 1.34. The Morgan fingerprint density at radius 2 is 2.31 bits per heavy atom. The Morgan fingerprint density at radius 3 is 2.94 bits per heavy atom. The number of hydrogen-bond acceptors (Lipinski definition) is 3. The minimum atomic E-state index is -1.85. The van der Waals surface area contributed by atoms with E-state index >= 15 is 0 Å². The van der Waals surface area contributed by atoms with Crippen LogP contribution in [-0.2, 0) is 11.1 Å². The smallest absolute Gasteiger partial charge is 0.196 e. The van der Waals surface area contributed by atoms with Crippen LogP contribution in [0.25, 0.3) is 5.65 Å². The van der Waals surface area contributed by atoms with Gasteiger partial charge in [0.15, 0.2) is 22.6 Å². The lowest BCUT2D eigenvalue weighted by Gasteiger charge is -2.04. The van der Waals surface area contributed by atoms with Crippen LogP contribution in [0.4, 0.5) is 0 Å². The fraction of sp³-hybridized carbons (Fsp3) is 0.500. The minimum absolute atomic E-state index is 0.122. The topological polar surface area (TPSA) is 83.3 Å². The predicted octanol–water partition coefficient (Wildman–Crippen LogP) is 1.34. The molecule has 2 rings (SSSR count). The van der Waals surface area contributed by atoms with Crippen LogP contribution in [0.15, 0.2) is 0 Å². The Hall–Kier alpha value is -0.920. The molecule has 0 aliphatic carbocycles. The van der Waals surface area contributed by atoms with Crippen molar-refractivity contribution in [2.75, 3.05) is 5.75 Å². The van der Waals surface area contributed by atoms with Gasteiger partial charge in [0.1, 0.15) is 5.02 Å². The van der Waals surface area contributed by atoms with Gasteiger partial charge in [-0.1, -0.05) is 18.5 Å². The Labute approximate surface area is 99.3 Å². The molecule has 0 bridgehead atoms. The quantitative estimate of drug-likeness (QED) is 0.818. The second-order valence-corrected chi connectivity index (χ2v) is 5.01. The van der Waals surface area contributed by atoms with Gasteiger partial charge in [0.25, 0.3) is 0 Å². The zero-order chi connectivity index (χ0) is 11.9.